The van der Waals surface area contributed by atoms with Crippen molar-refractivity contribution in [1.82, 2.24) is 0 Å². The van der Waals surface area contributed by atoms with Gasteiger partial charge in [-0.05, 0) is 17.7 Å². The number of alkyl halides is 3. The fraction of sp³-hybridized carbons (Fsp3) is 0.364. The van der Waals surface area contributed by atoms with Gasteiger partial charge in [0.05, 0.1) is 13.2 Å². The number of aliphatic carboxylic acids is 1. The third kappa shape index (κ3) is 5.14. The molecule has 0 heterocycles. The maximum Gasteiger partial charge on any atom is 0.573 e. The predicted octanol–water partition coefficient (Wildman–Crippen LogP) is 1.72. The summed E-state index contributed by atoms with van der Waals surface area (Å²) in [6.45, 7) is -0.649. The van der Waals surface area contributed by atoms with Crippen LogP contribution in [0.25, 0.3) is 0 Å². The van der Waals surface area contributed by atoms with Crippen LogP contribution in [0.1, 0.15) is 11.7 Å². The highest BCUT2D eigenvalue weighted by molar-refractivity contribution is 5.74. The minimum absolute atomic E-state index is 0.0114. The Hall–Kier alpha value is -1.80. The summed E-state index contributed by atoms with van der Waals surface area (Å²) < 4.78 is 44.6. The summed E-state index contributed by atoms with van der Waals surface area (Å²) in [7, 11) is 0. The fourth-order valence-corrected chi connectivity index (χ4v) is 1.36. The number of halogens is 3. The van der Waals surface area contributed by atoms with Crippen LogP contribution in [0, 0.1) is 0 Å². The maximum absolute atomic E-state index is 12.0. The predicted molar refractivity (Wildman–Crippen MR) is 56.5 cm³/mol. The summed E-state index contributed by atoms with van der Waals surface area (Å²) in [6, 6.07) is 4.47. The number of aliphatic hydroxyl groups is 1. The van der Waals surface area contributed by atoms with Crippen molar-refractivity contribution in [2.75, 3.05) is 13.2 Å². The first kappa shape index (κ1) is 15.3. The lowest BCUT2D eigenvalue weighted by atomic mass is 10.1. The lowest BCUT2D eigenvalue weighted by Gasteiger charge is -2.15. The van der Waals surface area contributed by atoms with Gasteiger partial charge in [-0.25, -0.2) is 4.79 Å². The number of benzene rings is 1. The van der Waals surface area contributed by atoms with Crippen molar-refractivity contribution in [2.45, 2.75) is 12.5 Å². The zero-order valence-electron chi connectivity index (χ0n) is 9.55. The maximum atomic E-state index is 12.0. The van der Waals surface area contributed by atoms with E-state index in [9.17, 15) is 18.0 Å². The second-order valence-corrected chi connectivity index (χ2v) is 3.43. The standard InChI is InChI=1S/C11H11F3O5/c12-11(13,14)19-8-3-1-2-7(6-8)9(10(16)17)18-5-4-15/h1-3,6,9,15H,4-5H2,(H,16,17). The van der Waals surface area contributed by atoms with E-state index in [2.05, 4.69) is 4.74 Å². The molecule has 19 heavy (non-hydrogen) atoms. The van der Waals surface area contributed by atoms with Crippen LogP contribution in [0.3, 0.4) is 0 Å². The molecule has 0 spiro atoms. The van der Waals surface area contributed by atoms with Gasteiger partial charge in [-0.1, -0.05) is 12.1 Å². The molecule has 1 aromatic rings. The minimum atomic E-state index is -4.86. The SMILES string of the molecule is O=C(O)C(OCCO)c1cccc(OC(F)(F)F)c1. The molecule has 0 radical (unpaired) electrons. The van der Waals surface area contributed by atoms with Crippen LogP contribution in [-0.4, -0.2) is 35.8 Å². The molecule has 0 aromatic heterocycles. The molecule has 5 nitrogen and oxygen atoms in total. The molecule has 0 amide bonds. The number of hydrogen-bond donors (Lipinski definition) is 2. The topological polar surface area (TPSA) is 76.0 Å². The Morgan fingerprint density at radius 2 is 2.05 bits per heavy atom. The van der Waals surface area contributed by atoms with E-state index >= 15 is 0 Å². The Balaban J connectivity index is 2.91. The van der Waals surface area contributed by atoms with Crippen molar-refractivity contribution >= 4 is 5.97 Å². The summed E-state index contributed by atoms with van der Waals surface area (Å²) in [4.78, 5) is 10.9. The fourth-order valence-electron chi connectivity index (χ4n) is 1.36. The number of carboxylic acids is 1. The number of aliphatic hydroxyl groups excluding tert-OH is 1. The van der Waals surface area contributed by atoms with Crippen LogP contribution >= 0.6 is 0 Å². The van der Waals surface area contributed by atoms with Gasteiger partial charge in [0.15, 0.2) is 6.10 Å². The molecule has 1 rings (SSSR count). The molecule has 0 aliphatic carbocycles. The van der Waals surface area contributed by atoms with Gasteiger partial charge >= 0.3 is 12.3 Å². The molecule has 0 bridgehead atoms. The first-order valence-corrected chi connectivity index (χ1v) is 5.14. The molecule has 0 saturated carbocycles. The first-order chi connectivity index (χ1) is 8.83. The van der Waals surface area contributed by atoms with Gasteiger partial charge in [-0.3, -0.25) is 0 Å². The Bertz CT molecular complexity index is 433. The highest BCUT2D eigenvalue weighted by atomic mass is 19.4. The average Bonchev–Trinajstić information content (AvgIpc) is 2.27. The molecule has 2 N–H and O–H groups in total. The third-order valence-corrected chi connectivity index (χ3v) is 1.99. The smallest absolute Gasteiger partial charge is 0.479 e. The van der Waals surface area contributed by atoms with Gasteiger partial charge in [-0.15, -0.1) is 13.2 Å². The molecular weight excluding hydrogens is 269 g/mol. The van der Waals surface area contributed by atoms with Gasteiger partial charge < -0.3 is 19.7 Å². The van der Waals surface area contributed by atoms with E-state index in [1.807, 2.05) is 0 Å². The van der Waals surface area contributed by atoms with E-state index in [1.54, 1.807) is 0 Å². The Kier molecular flexibility index (Phi) is 5.13. The summed E-state index contributed by atoms with van der Waals surface area (Å²) in [5, 5.41) is 17.5. The Morgan fingerprint density at radius 3 is 2.58 bits per heavy atom. The van der Waals surface area contributed by atoms with Gasteiger partial charge in [0, 0.05) is 0 Å². The highest BCUT2D eigenvalue weighted by Gasteiger charge is 2.31. The Labute approximate surface area is 106 Å². The van der Waals surface area contributed by atoms with E-state index in [4.69, 9.17) is 14.9 Å². The summed E-state index contributed by atoms with van der Waals surface area (Å²) in [6.07, 6.45) is -6.33. The van der Waals surface area contributed by atoms with Crippen LogP contribution in [0.4, 0.5) is 13.2 Å². The van der Waals surface area contributed by atoms with Crippen LogP contribution in [0.5, 0.6) is 5.75 Å². The van der Waals surface area contributed by atoms with E-state index in [1.165, 1.54) is 12.1 Å². The summed E-state index contributed by atoms with van der Waals surface area (Å²) in [5.41, 5.74) is -0.0114. The van der Waals surface area contributed by atoms with E-state index in [0.717, 1.165) is 12.1 Å². The summed E-state index contributed by atoms with van der Waals surface area (Å²) in [5.74, 6) is -1.92. The largest absolute Gasteiger partial charge is 0.573 e. The molecule has 1 atom stereocenters. The Morgan fingerprint density at radius 1 is 1.37 bits per heavy atom. The number of hydrogen-bond acceptors (Lipinski definition) is 4. The van der Waals surface area contributed by atoms with Crippen LogP contribution < -0.4 is 4.74 Å². The van der Waals surface area contributed by atoms with Crippen LogP contribution in [0.2, 0.25) is 0 Å². The number of carbonyl (C=O) groups is 1. The van der Waals surface area contributed by atoms with Crippen molar-refractivity contribution in [3.63, 3.8) is 0 Å². The van der Waals surface area contributed by atoms with E-state index in [0.29, 0.717) is 0 Å². The molecule has 106 valence electrons. The van der Waals surface area contributed by atoms with Gasteiger partial charge in [-0.2, -0.15) is 0 Å². The van der Waals surface area contributed by atoms with Crippen molar-refractivity contribution in [3.05, 3.63) is 29.8 Å². The average molecular weight is 280 g/mol. The quantitative estimate of drug-likeness (QED) is 0.829. The molecule has 0 aliphatic heterocycles. The normalized spacial score (nSPS) is 13.1. The minimum Gasteiger partial charge on any atom is -0.479 e. The molecular formula is C11H11F3O5. The van der Waals surface area contributed by atoms with Crippen molar-refractivity contribution in [1.29, 1.82) is 0 Å². The van der Waals surface area contributed by atoms with E-state index < -0.39 is 30.8 Å². The third-order valence-electron chi connectivity index (χ3n) is 1.99. The monoisotopic (exact) mass is 280 g/mol. The molecule has 8 heteroatoms. The molecule has 1 unspecified atom stereocenters. The van der Waals surface area contributed by atoms with Gasteiger partial charge in [0.25, 0.3) is 0 Å². The van der Waals surface area contributed by atoms with Crippen molar-refractivity contribution in [3.8, 4) is 5.75 Å². The highest BCUT2D eigenvalue weighted by Crippen LogP contribution is 2.26. The number of rotatable bonds is 6. The van der Waals surface area contributed by atoms with Gasteiger partial charge in [0.2, 0.25) is 0 Å². The van der Waals surface area contributed by atoms with Crippen LogP contribution in [0.15, 0.2) is 24.3 Å². The zero-order chi connectivity index (χ0) is 14.5. The second kappa shape index (κ2) is 6.39. The lowest BCUT2D eigenvalue weighted by molar-refractivity contribution is -0.274. The first-order valence-electron chi connectivity index (χ1n) is 5.14. The molecule has 0 fully saturated rings. The number of ether oxygens (including phenoxy) is 2. The zero-order valence-corrected chi connectivity index (χ0v) is 9.55. The second-order valence-electron chi connectivity index (χ2n) is 3.43. The van der Waals surface area contributed by atoms with E-state index in [-0.39, 0.29) is 12.2 Å². The molecule has 1 aromatic carbocycles. The lowest BCUT2D eigenvalue weighted by Crippen LogP contribution is -2.19. The van der Waals surface area contributed by atoms with Crippen molar-refractivity contribution in [2.24, 2.45) is 0 Å². The number of carboxylic acid groups (broad SMARTS) is 1. The molecule has 0 aliphatic rings. The van der Waals surface area contributed by atoms with Crippen LogP contribution in [-0.2, 0) is 9.53 Å². The van der Waals surface area contributed by atoms with Gasteiger partial charge in [0.1, 0.15) is 5.75 Å². The summed E-state index contributed by atoms with van der Waals surface area (Å²) >= 11 is 0. The molecule has 0 saturated heterocycles. The van der Waals surface area contributed by atoms with Crippen molar-refractivity contribution < 1.29 is 37.7 Å².